The highest BCUT2D eigenvalue weighted by Crippen LogP contribution is 2.36. The molecule has 1 heterocycles. The molecule has 28 heavy (non-hydrogen) atoms. The van der Waals surface area contributed by atoms with Gasteiger partial charge in [-0.15, -0.1) is 0 Å². The van der Waals surface area contributed by atoms with Crippen molar-refractivity contribution in [3.8, 4) is 0 Å². The van der Waals surface area contributed by atoms with Crippen molar-refractivity contribution >= 4 is 15.9 Å². The molecule has 1 aliphatic heterocycles. The Morgan fingerprint density at radius 3 is 2.57 bits per heavy atom. The Labute approximate surface area is 166 Å². The highest BCUT2D eigenvalue weighted by Gasteiger charge is 2.34. The Balaban J connectivity index is 1.58. The van der Waals surface area contributed by atoms with E-state index in [-0.39, 0.29) is 29.6 Å². The van der Waals surface area contributed by atoms with Gasteiger partial charge in [0.05, 0.1) is 17.5 Å². The lowest BCUT2D eigenvalue weighted by molar-refractivity contribution is 0.167. The lowest BCUT2D eigenvalue weighted by Crippen LogP contribution is -2.46. The summed E-state index contributed by atoms with van der Waals surface area (Å²) in [6.07, 6.45) is 2.34. The zero-order chi connectivity index (χ0) is 19.7. The fourth-order valence-electron chi connectivity index (χ4n) is 4.24. The molecule has 0 saturated carbocycles. The Morgan fingerprint density at radius 2 is 1.86 bits per heavy atom. The van der Waals surface area contributed by atoms with E-state index in [9.17, 15) is 13.2 Å². The summed E-state index contributed by atoms with van der Waals surface area (Å²) in [5.41, 5.74) is 4.74. The molecule has 0 bridgehead atoms. The number of benzene rings is 2. The third kappa shape index (κ3) is 4.07. The zero-order valence-corrected chi connectivity index (χ0v) is 16.9. The lowest BCUT2D eigenvalue weighted by Gasteiger charge is -2.31. The van der Waals surface area contributed by atoms with Crippen LogP contribution < -0.4 is 5.32 Å². The van der Waals surface area contributed by atoms with Crippen LogP contribution in [-0.2, 0) is 22.8 Å². The van der Waals surface area contributed by atoms with E-state index < -0.39 is 9.84 Å². The molecule has 1 N–H and O–H groups in total. The van der Waals surface area contributed by atoms with Crippen molar-refractivity contribution in [1.82, 2.24) is 10.2 Å². The van der Waals surface area contributed by atoms with E-state index in [2.05, 4.69) is 41.7 Å². The fraction of sp³-hybridized carbons (Fsp3) is 0.409. The number of fused-ring (bicyclic) bond motifs is 1. The molecular formula is C22H26N2O3S. The van der Waals surface area contributed by atoms with E-state index in [1.165, 1.54) is 16.7 Å². The molecule has 1 fully saturated rings. The predicted octanol–water partition coefficient (Wildman–Crippen LogP) is 3.38. The number of hydrogen-bond donors (Lipinski definition) is 1. The maximum atomic E-state index is 13.2. The predicted molar refractivity (Wildman–Crippen MR) is 110 cm³/mol. The summed E-state index contributed by atoms with van der Waals surface area (Å²) >= 11 is 0. The van der Waals surface area contributed by atoms with Gasteiger partial charge < -0.3 is 10.2 Å². The summed E-state index contributed by atoms with van der Waals surface area (Å²) in [5, 5.41) is 2.98. The van der Waals surface area contributed by atoms with E-state index in [1.807, 2.05) is 24.0 Å². The van der Waals surface area contributed by atoms with Crippen LogP contribution in [0.1, 0.15) is 41.1 Å². The van der Waals surface area contributed by atoms with Gasteiger partial charge in [0.25, 0.3) is 0 Å². The summed E-state index contributed by atoms with van der Waals surface area (Å²) in [4.78, 5) is 15.1. The van der Waals surface area contributed by atoms with E-state index in [4.69, 9.17) is 0 Å². The van der Waals surface area contributed by atoms with Gasteiger partial charge in [0.2, 0.25) is 0 Å². The number of carbonyl (C=O) groups is 1. The molecule has 4 rings (SSSR count). The van der Waals surface area contributed by atoms with Crippen molar-refractivity contribution in [2.75, 3.05) is 11.5 Å². The van der Waals surface area contributed by atoms with E-state index in [1.54, 1.807) is 0 Å². The number of amides is 2. The number of rotatable bonds is 4. The molecule has 0 unspecified atom stereocenters. The van der Waals surface area contributed by atoms with Gasteiger partial charge in [0.1, 0.15) is 0 Å². The molecule has 1 saturated heterocycles. The van der Waals surface area contributed by atoms with Crippen LogP contribution in [0.25, 0.3) is 0 Å². The molecule has 0 aromatic heterocycles. The zero-order valence-electron chi connectivity index (χ0n) is 16.1. The first kappa shape index (κ1) is 19.0. The van der Waals surface area contributed by atoms with E-state index >= 15 is 0 Å². The van der Waals surface area contributed by atoms with Crippen LogP contribution in [0.5, 0.6) is 0 Å². The number of sulfone groups is 1. The van der Waals surface area contributed by atoms with Gasteiger partial charge in [-0.2, -0.15) is 0 Å². The smallest absolute Gasteiger partial charge is 0.318 e. The van der Waals surface area contributed by atoms with Crippen molar-refractivity contribution < 1.29 is 13.2 Å². The highest BCUT2D eigenvalue weighted by molar-refractivity contribution is 7.91. The van der Waals surface area contributed by atoms with Gasteiger partial charge in [-0.25, -0.2) is 13.2 Å². The molecule has 0 radical (unpaired) electrons. The molecule has 2 atom stereocenters. The highest BCUT2D eigenvalue weighted by atomic mass is 32.2. The molecule has 1 aliphatic carbocycles. The third-order valence-electron chi connectivity index (χ3n) is 5.77. The molecule has 148 valence electrons. The van der Waals surface area contributed by atoms with Gasteiger partial charge in [-0.3, -0.25) is 0 Å². The first-order valence-corrected chi connectivity index (χ1v) is 11.6. The number of hydrogen-bond acceptors (Lipinski definition) is 3. The summed E-state index contributed by atoms with van der Waals surface area (Å²) in [6.45, 7) is 2.55. The summed E-state index contributed by atoms with van der Waals surface area (Å²) < 4.78 is 23.5. The molecular weight excluding hydrogens is 372 g/mol. The summed E-state index contributed by atoms with van der Waals surface area (Å²) in [5.74, 6) is 0.195. The minimum atomic E-state index is -3.03. The first-order chi connectivity index (χ1) is 13.4. The number of carbonyl (C=O) groups excluding carboxylic acids is 1. The second-order valence-electron chi connectivity index (χ2n) is 7.92. The van der Waals surface area contributed by atoms with Crippen LogP contribution in [0.15, 0.2) is 48.5 Å². The molecule has 2 aromatic rings. The van der Waals surface area contributed by atoms with Crippen LogP contribution in [-0.4, -0.2) is 36.9 Å². The van der Waals surface area contributed by atoms with Crippen molar-refractivity contribution in [2.24, 2.45) is 0 Å². The standard InChI is InChI=1S/C22H26N2O3S/c1-16-6-8-17(9-7-16)14-24(21-11-10-18-4-2-3-5-20(18)21)22(25)23-19-12-13-28(26,27)15-19/h2-9,19,21H,10-15H2,1H3,(H,23,25)/t19-,21+/m0/s1. The monoisotopic (exact) mass is 398 g/mol. The number of nitrogens with zero attached hydrogens (tertiary/aromatic N) is 1. The molecule has 5 nitrogen and oxygen atoms in total. The Bertz CT molecular complexity index is 970. The largest absolute Gasteiger partial charge is 0.334 e. The fourth-order valence-corrected chi connectivity index (χ4v) is 5.91. The van der Waals surface area contributed by atoms with Gasteiger partial charge in [0, 0.05) is 12.6 Å². The molecule has 0 spiro atoms. The first-order valence-electron chi connectivity index (χ1n) is 9.82. The van der Waals surface area contributed by atoms with Crippen LogP contribution in [0.4, 0.5) is 4.79 Å². The van der Waals surface area contributed by atoms with E-state index in [0.717, 1.165) is 18.4 Å². The van der Waals surface area contributed by atoms with Gasteiger partial charge in [0.15, 0.2) is 9.84 Å². The average Bonchev–Trinajstić information content (AvgIpc) is 3.24. The second kappa shape index (κ2) is 7.59. The van der Waals surface area contributed by atoms with Gasteiger partial charge >= 0.3 is 6.03 Å². The van der Waals surface area contributed by atoms with Crippen molar-refractivity contribution in [2.45, 2.75) is 44.8 Å². The van der Waals surface area contributed by atoms with Crippen LogP contribution in [0, 0.1) is 6.92 Å². The van der Waals surface area contributed by atoms with Crippen molar-refractivity contribution in [1.29, 1.82) is 0 Å². The normalized spacial score (nSPS) is 22.6. The second-order valence-corrected chi connectivity index (χ2v) is 10.1. The summed E-state index contributed by atoms with van der Waals surface area (Å²) in [7, 11) is -3.03. The van der Waals surface area contributed by atoms with Crippen LogP contribution in [0.3, 0.4) is 0 Å². The maximum absolute atomic E-state index is 13.2. The average molecular weight is 399 g/mol. The van der Waals surface area contributed by atoms with Crippen molar-refractivity contribution in [3.05, 3.63) is 70.8 Å². The number of aryl methyl sites for hydroxylation is 2. The Hall–Kier alpha value is -2.34. The van der Waals surface area contributed by atoms with E-state index in [0.29, 0.717) is 13.0 Å². The van der Waals surface area contributed by atoms with Gasteiger partial charge in [-0.05, 0) is 42.9 Å². The molecule has 6 heteroatoms. The molecule has 2 aliphatic rings. The molecule has 2 aromatic carbocycles. The minimum Gasteiger partial charge on any atom is -0.334 e. The topological polar surface area (TPSA) is 66.5 Å². The van der Waals surface area contributed by atoms with Crippen LogP contribution >= 0.6 is 0 Å². The Morgan fingerprint density at radius 1 is 1.11 bits per heavy atom. The van der Waals surface area contributed by atoms with Crippen LogP contribution in [0.2, 0.25) is 0 Å². The Kier molecular flexibility index (Phi) is 5.15. The third-order valence-corrected chi connectivity index (χ3v) is 7.54. The minimum absolute atomic E-state index is 0.00973. The maximum Gasteiger partial charge on any atom is 0.318 e. The molecule has 2 amide bonds. The quantitative estimate of drug-likeness (QED) is 0.859. The van der Waals surface area contributed by atoms with Gasteiger partial charge in [-0.1, -0.05) is 54.1 Å². The lowest BCUT2D eigenvalue weighted by atomic mass is 10.1. The SMILES string of the molecule is Cc1ccc(CN(C(=O)N[C@H]2CCS(=O)(=O)C2)[C@@H]2CCc3ccccc32)cc1. The van der Waals surface area contributed by atoms with Crippen molar-refractivity contribution in [3.63, 3.8) is 0 Å². The number of nitrogens with one attached hydrogen (secondary N) is 1. The number of urea groups is 1. The summed E-state index contributed by atoms with van der Waals surface area (Å²) in [6, 6.07) is 16.0.